The van der Waals surface area contributed by atoms with Crippen LogP contribution >= 0.6 is 0 Å². The lowest BCUT2D eigenvalue weighted by Gasteiger charge is -2.38. The van der Waals surface area contributed by atoms with Crippen LogP contribution in [-0.2, 0) is 11.2 Å². The molecule has 2 atom stereocenters. The van der Waals surface area contributed by atoms with Crippen molar-refractivity contribution in [3.05, 3.63) is 29.3 Å². The van der Waals surface area contributed by atoms with Gasteiger partial charge in [0.2, 0.25) is 0 Å². The maximum atomic E-state index is 6.00. The number of aryl methyl sites for hydroxylation is 1. The molecule has 0 radical (unpaired) electrons. The molecule has 2 N–H and O–H groups in total. The Morgan fingerprint density at radius 3 is 2.95 bits per heavy atom. The predicted octanol–water partition coefficient (Wildman–Crippen LogP) is 2.50. The Labute approximate surface area is 116 Å². The largest absolute Gasteiger partial charge is 0.377 e. The molecule has 2 rings (SSSR count). The molecule has 3 heteroatoms. The Kier molecular flexibility index (Phi) is 4.83. The second-order valence-electron chi connectivity index (χ2n) is 5.64. The molecule has 1 saturated heterocycles. The van der Waals surface area contributed by atoms with Crippen LogP contribution in [-0.4, -0.2) is 31.8 Å². The van der Waals surface area contributed by atoms with Crippen LogP contribution < -0.4 is 10.6 Å². The molecule has 0 aliphatic carbocycles. The molecule has 1 aliphatic rings. The Morgan fingerprint density at radius 1 is 1.47 bits per heavy atom. The summed E-state index contributed by atoms with van der Waals surface area (Å²) in [6.07, 6.45) is 2.05. The van der Waals surface area contributed by atoms with E-state index < -0.39 is 0 Å². The second kappa shape index (κ2) is 6.40. The molecule has 2 unspecified atom stereocenters. The Balaban J connectivity index is 2.31. The minimum Gasteiger partial charge on any atom is -0.377 e. The molecule has 106 valence electrons. The van der Waals surface area contributed by atoms with E-state index in [1.807, 2.05) is 0 Å². The first-order chi connectivity index (χ1) is 9.11. The number of nitrogens with two attached hydrogens (primary N) is 1. The van der Waals surface area contributed by atoms with Crippen molar-refractivity contribution in [2.24, 2.45) is 5.73 Å². The minimum atomic E-state index is 0.196. The molecule has 1 aromatic carbocycles. The third-order valence-electron chi connectivity index (χ3n) is 3.79. The summed E-state index contributed by atoms with van der Waals surface area (Å²) in [6, 6.07) is 7.41. The van der Waals surface area contributed by atoms with Crippen LogP contribution in [0.3, 0.4) is 0 Å². The van der Waals surface area contributed by atoms with Crippen LogP contribution in [0.2, 0.25) is 0 Å². The third kappa shape index (κ3) is 3.48. The predicted molar refractivity (Wildman–Crippen MR) is 80.8 cm³/mol. The van der Waals surface area contributed by atoms with Crippen LogP contribution in [0.25, 0.3) is 0 Å². The topological polar surface area (TPSA) is 38.5 Å². The zero-order chi connectivity index (χ0) is 13.8. The molecule has 0 saturated carbocycles. The van der Waals surface area contributed by atoms with Crippen molar-refractivity contribution >= 4 is 5.69 Å². The van der Waals surface area contributed by atoms with Crippen molar-refractivity contribution in [3.8, 4) is 0 Å². The van der Waals surface area contributed by atoms with Gasteiger partial charge in [-0.1, -0.05) is 24.6 Å². The van der Waals surface area contributed by atoms with Crippen molar-refractivity contribution < 1.29 is 4.74 Å². The number of hydrogen-bond donors (Lipinski definition) is 1. The van der Waals surface area contributed by atoms with Crippen molar-refractivity contribution in [2.75, 3.05) is 24.7 Å². The Bertz CT molecular complexity index is 417. The zero-order valence-electron chi connectivity index (χ0n) is 12.4. The van der Waals surface area contributed by atoms with Gasteiger partial charge in [-0.05, 0) is 38.3 Å². The molecule has 3 nitrogen and oxygen atoms in total. The van der Waals surface area contributed by atoms with Gasteiger partial charge in [-0.15, -0.1) is 0 Å². The van der Waals surface area contributed by atoms with E-state index in [-0.39, 0.29) is 6.04 Å². The molecule has 1 fully saturated rings. The third-order valence-corrected chi connectivity index (χ3v) is 3.79. The van der Waals surface area contributed by atoms with E-state index in [0.29, 0.717) is 6.04 Å². The zero-order valence-corrected chi connectivity index (χ0v) is 12.4. The standard InChI is InChI=1S/C16H26N2O/c1-4-15-11-19-8-7-18(15)16-6-5-12(2)9-14(16)10-13(3)17/h5-6,9,13,15H,4,7-8,10-11,17H2,1-3H3. The number of ether oxygens (including phenoxy) is 1. The number of anilines is 1. The summed E-state index contributed by atoms with van der Waals surface area (Å²) in [5, 5.41) is 0. The Morgan fingerprint density at radius 2 is 2.26 bits per heavy atom. The van der Waals surface area contributed by atoms with Crippen molar-refractivity contribution in [3.63, 3.8) is 0 Å². The smallest absolute Gasteiger partial charge is 0.0670 e. The van der Waals surface area contributed by atoms with Gasteiger partial charge in [-0.25, -0.2) is 0 Å². The fourth-order valence-electron chi connectivity index (χ4n) is 2.82. The SMILES string of the molecule is CCC1COCCN1c1ccc(C)cc1CC(C)N. The van der Waals surface area contributed by atoms with Gasteiger partial charge in [0, 0.05) is 18.3 Å². The first kappa shape index (κ1) is 14.4. The number of nitrogens with zero attached hydrogens (tertiary/aromatic N) is 1. The van der Waals surface area contributed by atoms with E-state index in [1.54, 1.807) is 0 Å². The second-order valence-corrected chi connectivity index (χ2v) is 5.64. The molecular formula is C16H26N2O. The number of rotatable bonds is 4. The van der Waals surface area contributed by atoms with Gasteiger partial charge in [0.05, 0.1) is 19.3 Å². The van der Waals surface area contributed by atoms with Crippen LogP contribution in [0.4, 0.5) is 5.69 Å². The summed E-state index contributed by atoms with van der Waals surface area (Å²) in [6.45, 7) is 9.08. The molecule has 1 aromatic rings. The van der Waals surface area contributed by atoms with Gasteiger partial charge in [-0.2, -0.15) is 0 Å². The maximum Gasteiger partial charge on any atom is 0.0670 e. The van der Waals surface area contributed by atoms with Crippen LogP contribution in [0.5, 0.6) is 0 Å². The lowest BCUT2D eigenvalue weighted by molar-refractivity contribution is 0.0929. The highest BCUT2D eigenvalue weighted by Gasteiger charge is 2.23. The number of morpholine rings is 1. The van der Waals surface area contributed by atoms with E-state index in [4.69, 9.17) is 10.5 Å². The fourth-order valence-corrected chi connectivity index (χ4v) is 2.82. The maximum absolute atomic E-state index is 6.00. The average Bonchev–Trinajstić information content (AvgIpc) is 2.38. The van der Waals surface area contributed by atoms with Gasteiger partial charge >= 0.3 is 0 Å². The van der Waals surface area contributed by atoms with Gasteiger partial charge in [0.15, 0.2) is 0 Å². The van der Waals surface area contributed by atoms with Crippen molar-refractivity contribution in [1.82, 2.24) is 0 Å². The van der Waals surface area contributed by atoms with E-state index in [1.165, 1.54) is 16.8 Å². The first-order valence-corrected chi connectivity index (χ1v) is 7.31. The summed E-state index contributed by atoms with van der Waals surface area (Å²) < 4.78 is 5.60. The van der Waals surface area contributed by atoms with E-state index in [2.05, 4.69) is 43.9 Å². The molecule has 0 bridgehead atoms. The summed E-state index contributed by atoms with van der Waals surface area (Å²) in [7, 11) is 0. The van der Waals surface area contributed by atoms with Crippen LogP contribution in [0, 0.1) is 6.92 Å². The number of hydrogen-bond acceptors (Lipinski definition) is 3. The van der Waals surface area contributed by atoms with Crippen LogP contribution in [0.15, 0.2) is 18.2 Å². The van der Waals surface area contributed by atoms with Gasteiger partial charge in [0.25, 0.3) is 0 Å². The highest BCUT2D eigenvalue weighted by Crippen LogP contribution is 2.27. The molecular weight excluding hydrogens is 236 g/mol. The quantitative estimate of drug-likeness (QED) is 0.906. The van der Waals surface area contributed by atoms with Crippen molar-refractivity contribution in [1.29, 1.82) is 0 Å². The summed E-state index contributed by atoms with van der Waals surface area (Å²) in [4.78, 5) is 2.50. The van der Waals surface area contributed by atoms with Gasteiger partial charge in [0.1, 0.15) is 0 Å². The summed E-state index contributed by atoms with van der Waals surface area (Å²) >= 11 is 0. The molecule has 0 amide bonds. The fraction of sp³-hybridized carbons (Fsp3) is 0.625. The van der Waals surface area contributed by atoms with Crippen molar-refractivity contribution in [2.45, 2.75) is 45.7 Å². The van der Waals surface area contributed by atoms with Gasteiger partial charge in [-0.3, -0.25) is 0 Å². The normalized spacial score (nSPS) is 21.5. The van der Waals surface area contributed by atoms with Crippen LogP contribution in [0.1, 0.15) is 31.4 Å². The lowest BCUT2D eigenvalue weighted by Crippen LogP contribution is -2.45. The molecule has 19 heavy (non-hydrogen) atoms. The Hall–Kier alpha value is -1.06. The van der Waals surface area contributed by atoms with E-state index >= 15 is 0 Å². The van der Waals surface area contributed by atoms with E-state index in [9.17, 15) is 0 Å². The molecule has 1 heterocycles. The monoisotopic (exact) mass is 262 g/mol. The van der Waals surface area contributed by atoms with Gasteiger partial charge < -0.3 is 15.4 Å². The lowest BCUT2D eigenvalue weighted by atomic mass is 10.0. The molecule has 0 aromatic heterocycles. The minimum absolute atomic E-state index is 0.196. The molecule has 1 aliphatic heterocycles. The summed E-state index contributed by atoms with van der Waals surface area (Å²) in [5.41, 5.74) is 10.0. The molecule has 0 spiro atoms. The first-order valence-electron chi connectivity index (χ1n) is 7.31. The number of benzene rings is 1. The highest BCUT2D eigenvalue weighted by atomic mass is 16.5. The highest BCUT2D eigenvalue weighted by molar-refractivity contribution is 5.56. The van der Waals surface area contributed by atoms with E-state index in [0.717, 1.165) is 32.6 Å². The average molecular weight is 262 g/mol. The summed E-state index contributed by atoms with van der Waals surface area (Å²) in [5.74, 6) is 0.